The molecule has 0 radical (unpaired) electrons. The molecule has 0 bridgehead atoms. The molecular formula is C20H31IN4O2. The summed E-state index contributed by atoms with van der Waals surface area (Å²) in [5.74, 6) is 2.55. The molecule has 0 aliphatic rings. The van der Waals surface area contributed by atoms with E-state index in [0.717, 1.165) is 48.2 Å². The molecule has 0 fully saturated rings. The lowest BCUT2D eigenvalue weighted by atomic mass is 10.1. The summed E-state index contributed by atoms with van der Waals surface area (Å²) in [6.07, 6.45) is 0.843. The van der Waals surface area contributed by atoms with Gasteiger partial charge in [0.25, 0.3) is 0 Å². The van der Waals surface area contributed by atoms with E-state index in [2.05, 4.69) is 40.7 Å². The number of nitrogens with zero attached hydrogens (tertiary/aromatic N) is 2. The third-order valence-corrected chi connectivity index (χ3v) is 4.03. The van der Waals surface area contributed by atoms with Gasteiger partial charge in [-0.3, -0.25) is 0 Å². The van der Waals surface area contributed by atoms with Crippen LogP contribution in [0.3, 0.4) is 0 Å². The maximum absolute atomic E-state index is 5.94. The van der Waals surface area contributed by atoms with Crippen molar-refractivity contribution in [1.82, 2.24) is 15.8 Å². The molecule has 27 heavy (non-hydrogen) atoms. The van der Waals surface area contributed by atoms with Crippen molar-refractivity contribution in [3.05, 3.63) is 46.8 Å². The van der Waals surface area contributed by atoms with Gasteiger partial charge in [0.05, 0.1) is 12.2 Å². The van der Waals surface area contributed by atoms with Gasteiger partial charge in [-0.1, -0.05) is 17.3 Å². The van der Waals surface area contributed by atoms with Crippen molar-refractivity contribution in [2.24, 2.45) is 4.99 Å². The Kier molecular flexibility index (Phi) is 10.2. The van der Waals surface area contributed by atoms with E-state index in [1.165, 1.54) is 5.56 Å². The zero-order valence-corrected chi connectivity index (χ0v) is 19.2. The third kappa shape index (κ3) is 7.78. The van der Waals surface area contributed by atoms with Crippen LogP contribution in [0.5, 0.6) is 5.75 Å². The Morgan fingerprint density at radius 1 is 1.26 bits per heavy atom. The Bertz CT molecular complexity index is 711. The van der Waals surface area contributed by atoms with Crippen LogP contribution in [0.15, 0.2) is 33.8 Å². The van der Waals surface area contributed by atoms with Crippen LogP contribution in [0.2, 0.25) is 0 Å². The van der Waals surface area contributed by atoms with Crippen LogP contribution in [0.1, 0.15) is 36.4 Å². The number of ether oxygens (including phenoxy) is 1. The summed E-state index contributed by atoms with van der Waals surface area (Å²) in [4.78, 5) is 4.63. The molecule has 1 unspecified atom stereocenters. The van der Waals surface area contributed by atoms with E-state index in [4.69, 9.17) is 9.26 Å². The number of nitrogens with one attached hydrogen (secondary N) is 2. The fraction of sp³-hybridized carbons (Fsp3) is 0.500. The summed E-state index contributed by atoms with van der Waals surface area (Å²) >= 11 is 0. The van der Waals surface area contributed by atoms with Crippen LogP contribution in [0, 0.1) is 20.8 Å². The van der Waals surface area contributed by atoms with Crippen molar-refractivity contribution in [3.8, 4) is 5.75 Å². The zero-order chi connectivity index (χ0) is 18.9. The third-order valence-electron chi connectivity index (χ3n) is 4.03. The lowest BCUT2D eigenvalue weighted by molar-refractivity contribution is 0.230. The first-order valence-corrected chi connectivity index (χ1v) is 9.16. The van der Waals surface area contributed by atoms with Crippen LogP contribution >= 0.6 is 24.0 Å². The maximum atomic E-state index is 5.94. The summed E-state index contributed by atoms with van der Waals surface area (Å²) in [6.45, 7) is 12.2. The highest BCUT2D eigenvalue weighted by Gasteiger charge is 2.09. The molecule has 6 nitrogen and oxygen atoms in total. The second kappa shape index (κ2) is 11.8. The standard InChI is InChI=1S/C20H30N4O2.HI/c1-6-21-20(22-11-10-19-16(4)24-26-17(19)5)23-13-15(3)25-18-9-7-8-14(2)12-18;/h7-9,12,15H,6,10-11,13H2,1-5H3,(H2,21,22,23);1H. The normalized spacial score (nSPS) is 12.3. The molecule has 0 amide bonds. The van der Waals surface area contributed by atoms with Gasteiger partial charge in [-0.05, 0) is 58.7 Å². The Balaban J connectivity index is 0.00000364. The summed E-state index contributed by atoms with van der Waals surface area (Å²) in [5, 5.41) is 10.6. The largest absolute Gasteiger partial charge is 0.489 e. The number of aliphatic imine (C=N–C) groups is 1. The van der Waals surface area contributed by atoms with Crippen molar-refractivity contribution in [1.29, 1.82) is 0 Å². The van der Waals surface area contributed by atoms with Crippen molar-refractivity contribution >= 4 is 29.9 Å². The van der Waals surface area contributed by atoms with Gasteiger partial charge < -0.3 is 19.9 Å². The minimum Gasteiger partial charge on any atom is -0.489 e. The molecule has 1 atom stereocenters. The van der Waals surface area contributed by atoms with Gasteiger partial charge in [-0.25, -0.2) is 4.99 Å². The van der Waals surface area contributed by atoms with Crippen LogP contribution in [-0.2, 0) is 6.42 Å². The first-order valence-electron chi connectivity index (χ1n) is 9.16. The smallest absolute Gasteiger partial charge is 0.191 e. The Labute approximate surface area is 179 Å². The second-order valence-corrected chi connectivity index (χ2v) is 6.44. The Morgan fingerprint density at radius 3 is 2.67 bits per heavy atom. The van der Waals surface area contributed by atoms with Gasteiger partial charge >= 0.3 is 0 Å². The number of aryl methyl sites for hydroxylation is 3. The molecule has 2 aromatic rings. The molecule has 1 aromatic carbocycles. The summed E-state index contributed by atoms with van der Waals surface area (Å²) < 4.78 is 11.1. The zero-order valence-electron chi connectivity index (χ0n) is 16.8. The van der Waals surface area contributed by atoms with Gasteiger partial charge in [0.15, 0.2) is 5.96 Å². The van der Waals surface area contributed by atoms with Crippen molar-refractivity contribution in [2.75, 3.05) is 19.6 Å². The van der Waals surface area contributed by atoms with E-state index in [9.17, 15) is 0 Å². The van der Waals surface area contributed by atoms with Gasteiger partial charge in [0.1, 0.15) is 17.6 Å². The van der Waals surface area contributed by atoms with E-state index in [0.29, 0.717) is 6.54 Å². The molecule has 1 heterocycles. The Morgan fingerprint density at radius 2 is 2.04 bits per heavy atom. The Hall–Kier alpha value is -1.77. The summed E-state index contributed by atoms with van der Waals surface area (Å²) in [5.41, 5.74) is 3.29. The topological polar surface area (TPSA) is 71.7 Å². The van der Waals surface area contributed by atoms with E-state index in [1.54, 1.807) is 0 Å². The van der Waals surface area contributed by atoms with Gasteiger partial charge in [0.2, 0.25) is 0 Å². The molecule has 0 spiro atoms. The minimum atomic E-state index is -0.00480. The number of aromatic nitrogens is 1. The monoisotopic (exact) mass is 486 g/mol. The highest BCUT2D eigenvalue weighted by atomic mass is 127. The molecule has 2 N–H and O–H groups in total. The average Bonchev–Trinajstić information content (AvgIpc) is 2.91. The molecule has 150 valence electrons. The number of halogens is 1. The average molecular weight is 486 g/mol. The van der Waals surface area contributed by atoms with Crippen molar-refractivity contribution < 1.29 is 9.26 Å². The van der Waals surface area contributed by atoms with Crippen LogP contribution in [-0.4, -0.2) is 36.9 Å². The SMILES string of the molecule is CCNC(=NCC(C)Oc1cccc(C)c1)NCCc1c(C)noc1C.I. The lowest BCUT2D eigenvalue weighted by Gasteiger charge is -2.15. The number of guanidine groups is 1. The van der Waals surface area contributed by atoms with Crippen LogP contribution in [0.4, 0.5) is 0 Å². The molecular weight excluding hydrogens is 455 g/mol. The minimum absolute atomic E-state index is 0. The van der Waals surface area contributed by atoms with E-state index in [-0.39, 0.29) is 30.1 Å². The van der Waals surface area contributed by atoms with Gasteiger partial charge in [-0.15, -0.1) is 24.0 Å². The van der Waals surface area contributed by atoms with E-state index >= 15 is 0 Å². The highest BCUT2D eigenvalue weighted by Crippen LogP contribution is 2.14. The predicted octanol–water partition coefficient (Wildman–Crippen LogP) is 3.78. The molecule has 7 heteroatoms. The molecule has 0 saturated heterocycles. The maximum Gasteiger partial charge on any atom is 0.191 e. The highest BCUT2D eigenvalue weighted by molar-refractivity contribution is 14.0. The fourth-order valence-electron chi connectivity index (χ4n) is 2.68. The number of benzene rings is 1. The van der Waals surface area contributed by atoms with Gasteiger partial charge in [-0.2, -0.15) is 0 Å². The first kappa shape index (κ1) is 23.3. The second-order valence-electron chi connectivity index (χ2n) is 6.44. The lowest BCUT2D eigenvalue weighted by Crippen LogP contribution is -2.39. The quantitative estimate of drug-likeness (QED) is 0.338. The van der Waals surface area contributed by atoms with Crippen molar-refractivity contribution in [2.45, 2.75) is 47.1 Å². The van der Waals surface area contributed by atoms with E-state index in [1.807, 2.05) is 39.0 Å². The number of hydrogen-bond acceptors (Lipinski definition) is 4. The molecule has 0 saturated carbocycles. The number of hydrogen-bond donors (Lipinski definition) is 2. The molecule has 2 rings (SSSR count). The van der Waals surface area contributed by atoms with Crippen molar-refractivity contribution in [3.63, 3.8) is 0 Å². The summed E-state index contributed by atoms with van der Waals surface area (Å²) in [7, 11) is 0. The number of rotatable bonds is 8. The predicted molar refractivity (Wildman–Crippen MR) is 120 cm³/mol. The molecule has 1 aromatic heterocycles. The first-order chi connectivity index (χ1) is 12.5. The molecule has 0 aliphatic carbocycles. The molecule has 0 aliphatic heterocycles. The van der Waals surface area contributed by atoms with Crippen LogP contribution < -0.4 is 15.4 Å². The van der Waals surface area contributed by atoms with Crippen LogP contribution in [0.25, 0.3) is 0 Å². The van der Waals surface area contributed by atoms with E-state index < -0.39 is 0 Å². The fourth-order valence-corrected chi connectivity index (χ4v) is 2.68. The van der Waals surface area contributed by atoms with Gasteiger partial charge in [0, 0.05) is 18.7 Å². The summed E-state index contributed by atoms with van der Waals surface area (Å²) in [6, 6.07) is 8.07.